The van der Waals surface area contributed by atoms with Gasteiger partial charge in [0.15, 0.2) is 0 Å². The van der Waals surface area contributed by atoms with Crippen molar-refractivity contribution in [3.63, 3.8) is 0 Å². The molecule has 1 aliphatic carbocycles. The van der Waals surface area contributed by atoms with E-state index >= 15 is 0 Å². The number of hydrogen-bond donors (Lipinski definition) is 1. The van der Waals surface area contributed by atoms with Crippen LogP contribution in [-0.4, -0.2) is 42.4 Å². The molecule has 3 aliphatic rings. The summed E-state index contributed by atoms with van der Waals surface area (Å²) in [6, 6.07) is 7.88. The van der Waals surface area contributed by atoms with Crippen molar-refractivity contribution in [1.82, 2.24) is 4.90 Å². The number of rotatable bonds is 2. The number of fused-ring (bicyclic) bond motifs is 1. The maximum Gasteiger partial charge on any atom is 0.239 e. The normalized spacial score (nSPS) is 32.5. The molecule has 2 aliphatic heterocycles. The van der Waals surface area contributed by atoms with Gasteiger partial charge in [0.1, 0.15) is 5.92 Å². The van der Waals surface area contributed by atoms with Gasteiger partial charge in [0.25, 0.3) is 0 Å². The summed E-state index contributed by atoms with van der Waals surface area (Å²) in [4.78, 5) is 29.3. The van der Waals surface area contributed by atoms with Gasteiger partial charge < -0.3 is 15.5 Å². The zero-order chi connectivity index (χ0) is 16.8. The first-order chi connectivity index (χ1) is 11.5. The van der Waals surface area contributed by atoms with Crippen molar-refractivity contribution < 1.29 is 9.59 Å². The van der Waals surface area contributed by atoms with Crippen molar-refractivity contribution in [2.45, 2.75) is 25.3 Å². The van der Waals surface area contributed by atoms with E-state index in [1.807, 2.05) is 29.2 Å². The molecule has 6 heteroatoms. The molecule has 128 valence electrons. The number of amides is 2. The molecular formula is C18H22BrN3O2. The summed E-state index contributed by atoms with van der Waals surface area (Å²) in [6.45, 7) is 2.11. The van der Waals surface area contributed by atoms with E-state index in [0.717, 1.165) is 36.1 Å². The van der Waals surface area contributed by atoms with Gasteiger partial charge in [-0.3, -0.25) is 9.59 Å². The van der Waals surface area contributed by atoms with Crippen molar-refractivity contribution in [1.29, 1.82) is 0 Å². The number of benzene rings is 1. The Morgan fingerprint density at radius 3 is 2.79 bits per heavy atom. The topological polar surface area (TPSA) is 66.6 Å². The van der Waals surface area contributed by atoms with Crippen LogP contribution in [-0.2, 0) is 9.59 Å². The van der Waals surface area contributed by atoms with E-state index in [4.69, 9.17) is 5.73 Å². The van der Waals surface area contributed by atoms with Gasteiger partial charge in [0.05, 0.1) is 0 Å². The first-order valence-corrected chi connectivity index (χ1v) is 9.45. The molecule has 4 unspecified atom stereocenters. The van der Waals surface area contributed by atoms with E-state index in [1.54, 1.807) is 4.90 Å². The van der Waals surface area contributed by atoms with Crippen LogP contribution < -0.4 is 10.6 Å². The zero-order valence-corrected chi connectivity index (χ0v) is 15.1. The summed E-state index contributed by atoms with van der Waals surface area (Å²) in [5, 5.41) is 0. The van der Waals surface area contributed by atoms with Crippen LogP contribution in [0.1, 0.15) is 19.3 Å². The van der Waals surface area contributed by atoms with Gasteiger partial charge in [-0.05, 0) is 49.3 Å². The third-order valence-corrected chi connectivity index (χ3v) is 6.34. The number of carbonyl (C=O) groups is 2. The molecule has 1 aromatic rings. The maximum absolute atomic E-state index is 12.9. The molecule has 2 amide bonds. The van der Waals surface area contributed by atoms with Gasteiger partial charge in [-0.1, -0.05) is 22.0 Å². The monoisotopic (exact) mass is 391 g/mol. The second-order valence-electron chi connectivity index (χ2n) is 7.22. The third-order valence-electron chi connectivity index (χ3n) is 5.85. The molecule has 24 heavy (non-hydrogen) atoms. The second kappa shape index (κ2) is 6.15. The summed E-state index contributed by atoms with van der Waals surface area (Å²) in [5.41, 5.74) is 7.01. The highest BCUT2D eigenvalue weighted by Gasteiger charge is 2.46. The minimum atomic E-state index is -0.529. The number of nitrogens with two attached hydrogens (primary N) is 1. The van der Waals surface area contributed by atoms with Crippen LogP contribution in [0.4, 0.5) is 5.69 Å². The first-order valence-electron chi connectivity index (χ1n) is 8.66. The van der Waals surface area contributed by atoms with Crippen molar-refractivity contribution >= 4 is 33.4 Å². The van der Waals surface area contributed by atoms with E-state index < -0.39 is 5.92 Å². The summed E-state index contributed by atoms with van der Waals surface area (Å²) in [6.07, 6.45) is 2.77. The molecule has 5 nitrogen and oxygen atoms in total. The van der Waals surface area contributed by atoms with Crippen LogP contribution >= 0.6 is 15.9 Å². The van der Waals surface area contributed by atoms with Gasteiger partial charge in [0, 0.05) is 35.8 Å². The third kappa shape index (κ3) is 2.65. The van der Waals surface area contributed by atoms with Gasteiger partial charge in [0.2, 0.25) is 11.8 Å². The largest absolute Gasteiger partial charge is 0.341 e. The lowest BCUT2D eigenvalue weighted by molar-refractivity contribution is -0.139. The van der Waals surface area contributed by atoms with E-state index in [0.29, 0.717) is 24.8 Å². The molecule has 0 bridgehead atoms. The highest BCUT2D eigenvalue weighted by Crippen LogP contribution is 2.38. The Kier molecular flexibility index (Phi) is 4.12. The van der Waals surface area contributed by atoms with Crippen LogP contribution in [0, 0.1) is 17.8 Å². The van der Waals surface area contributed by atoms with Gasteiger partial charge in [-0.25, -0.2) is 0 Å². The molecule has 1 aromatic carbocycles. The van der Waals surface area contributed by atoms with E-state index in [2.05, 4.69) is 15.9 Å². The van der Waals surface area contributed by atoms with Crippen molar-refractivity contribution in [3.8, 4) is 0 Å². The van der Waals surface area contributed by atoms with Crippen LogP contribution in [0.25, 0.3) is 0 Å². The van der Waals surface area contributed by atoms with Gasteiger partial charge in [-0.15, -0.1) is 0 Å². The minimum absolute atomic E-state index is 0.000836. The fourth-order valence-electron chi connectivity index (χ4n) is 4.52. The molecule has 4 rings (SSSR count). The summed E-state index contributed by atoms with van der Waals surface area (Å²) in [7, 11) is 0. The molecule has 3 fully saturated rings. The van der Waals surface area contributed by atoms with Gasteiger partial charge >= 0.3 is 0 Å². The summed E-state index contributed by atoms with van der Waals surface area (Å²) < 4.78 is 0.934. The smallest absolute Gasteiger partial charge is 0.239 e. The molecule has 1 saturated carbocycles. The fraction of sp³-hybridized carbons (Fsp3) is 0.556. The Morgan fingerprint density at radius 2 is 2.04 bits per heavy atom. The average molecular weight is 392 g/mol. The molecule has 0 spiro atoms. The quantitative estimate of drug-likeness (QED) is 0.783. The predicted octanol–water partition coefficient (Wildman–Crippen LogP) is 2.00. The maximum atomic E-state index is 12.9. The number of halogens is 1. The molecule has 2 heterocycles. The minimum Gasteiger partial charge on any atom is -0.341 e. The number of nitrogens with zero attached hydrogens (tertiary/aromatic N) is 2. The molecule has 2 N–H and O–H groups in total. The molecule has 0 aromatic heterocycles. The standard InChI is InChI=1S/C18H22BrN3O2/c19-12-2-1-3-13(8-12)22-7-6-14(18(22)24)17(23)21-9-11-4-5-16(20)15(11)10-21/h1-3,8,11,14-16H,4-7,9-10,20H2. The lowest BCUT2D eigenvalue weighted by Crippen LogP contribution is -2.40. The number of anilines is 1. The van der Waals surface area contributed by atoms with E-state index in [1.165, 1.54) is 0 Å². The van der Waals surface area contributed by atoms with Crippen LogP contribution in [0.2, 0.25) is 0 Å². The molecular weight excluding hydrogens is 370 g/mol. The van der Waals surface area contributed by atoms with Crippen molar-refractivity contribution in [2.75, 3.05) is 24.5 Å². The molecule has 4 atom stereocenters. The molecule has 0 radical (unpaired) electrons. The SMILES string of the molecule is NC1CCC2CN(C(=O)C3CCN(c4cccc(Br)c4)C3=O)CC12. The lowest BCUT2D eigenvalue weighted by atomic mass is 9.98. The first kappa shape index (κ1) is 16.1. The van der Waals surface area contributed by atoms with Crippen molar-refractivity contribution in [2.24, 2.45) is 23.5 Å². The highest BCUT2D eigenvalue weighted by atomic mass is 79.9. The summed E-state index contributed by atoms with van der Waals surface area (Å²) >= 11 is 3.44. The molecule has 2 saturated heterocycles. The number of likely N-dealkylation sites (tertiary alicyclic amines) is 1. The van der Waals surface area contributed by atoms with Gasteiger partial charge in [-0.2, -0.15) is 0 Å². The highest BCUT2D eigenvalue weighted by molar-refractivity contribution is 9.10. The Morgan fingerprint density at radius 1 is 1.21 bits per heavy atom. The second-order valence-corrected chi connectivity index (χ2v) is 8.14. The van der Waals surface area contributed by atoms with Crippen LogP contribution in [0.5, 0.6) is 0 Å². The number of carbonyl (C=O) groups excluding carboxylic acids is 2. The Labute approximate surface area is 150 Å². The number of hydrogen-bond acceptors (Lipinski definition) is 3. The van der Waals surface area contributed by atoms with Crippen LogP contribution in [0.3, 0.4) is 0 Å². The lowest BCUT2D eigenvalue weighted by Gasteiger charge is -2.22. The average Bonchev–Trinajstić information content (AvgIpc) is 3.23. The van der Waals surface area contributed by atoms with Crippen molar-refractivity contribution in [3.05, 3.63) is 28.7 Å². The fourth-order valence-corrected chi connectivity index (χ4v) is 4.90. The zero-order valence-electron chi connectivity index (χ0n) is 13.5. The predicted molar refractivity (Wildman–Crippen MR) is 95.4 cm³/mol. The Hall–Kier alpha value is -1.40. The van der Waals surface area contributed by atoms with E-state index in [-0.39, 0.29) is 17.9 Å². The van der Waals surface area contributed by atoms with Crippen LogP contribution in [0.15, 0.2) is 28.7 Å². The Balaban J connectivity index is 1.46. The Bertz CT molecular complexity index is 680. The summed E-state index contributed by atoms with van der Waals surface area (Å²) in [5.74, 6) is 0.353. The van der Waals surface area contributed by atoms with E-state index in [9.17, 15) is 9.59 Å².